The third kappa shape index (κ3) is 12.8. The molecule has 10 aromatic rings. The number of fused-ring (bicyclic) bond motifs is 4. The van der Waals surface area contributed by atoms with Crippen LogP contribution in [-0.4, -0.2) is 151 Å². The molecule has 4 aromatic carbocycles. The van der Waals surface area contributed by atoms with Crippen LogP contribution in [0.1, 0.15) is 76.0 Å². The predicted octanol–water partition coefficient (Wildman–Crippen LogP) is 13.2. The summed E-state index contributed by atoms with van der Waals surface area (Å²) in [7, 11) is 9.57. The Balaban J connectivity index is 0.000000180. The second kappa shape index (κ2) is 24.4. The number of carboxylic acid groups (broad SMARTS) is 1. The number of methoxy groups -OCH3 is 1. The van der Waals surface area contributed by atoms with Crippen molar-refractivity contribution in [1.29, 1.82) is 0 Å². The maximum absolute atomic E-state index is 13.2. The molecule has 2 saturated heterocycles. The minimum Gasteiger partial charge on any atom is -0.479 e. The maximum Gasteiger partial charge on any atom is 0.339 e. The first-order valence-corrected chi connectivity index (χ1v) is 31.3. The summed E-state index contributed by atoms with van der Waals surface area (Å²) in [6.45, 7) is 22.8. The highest BCUT2D eigenvalue weighted by Gasteiger charge is 2.35. The zero-order valence-electron chi connectivity index (χ0n) is 51.3. The molecule has 1 N–H and O–H groups in total. The number of benzene rings is 4. The average molecular weight is 1250 g/mol. The van der Waals surface area contributed by atoms with Crippen LogP contribution < -0.4 is 9.80 Å². The summed E-state index contributed by atoms with van der Waals surface area (Å²) < 4.78 is 23.3. The average Bonchev–Trinajstić information content (AvgIpc) is 1.75. The van der Waals surface area contributed by atoms with E-state index in [2.05, 4.69) is 39.8 Å². The highest BCUT2D eigenvalue weighted by Crippen LogP contribution is 2.47. The van der Waals surface area contributed by atoms with Gasteiger partial charge in [0, 0.05) is 98.8 Å². The van der Waals surface area contributed by atoms with Gasteiger partial charge in [0.05, 0.1) is 61.2 Å². The van der Waals surface area contributed by atoms with Crippen molar-refractivity contribution in [3.05, 3.63) is 117 Å². The summed E-state index contributed by atoms with van der Waals surface area (Å²) >= 11 is 15.6. The van der Waals surface area contributed by atoms with E-state index in [0.29, 0.717) is 15.6 Å². The number of rotatable bonds is 12. The fourth-order valence-electron chi connectivity index (χ4n) is 11.3. The molecule has 0 aliphatic carbocycles. The SMILES string of the molecule is COC(=O)[C@@H](OC(C)(C)C)c1c(C)cc2nc(-c3ccc4c(n3)c(N3CCN(C)CC3)nn4C)sc2c1-c1ccc(Cl)cc1.Cc1cc2nc(-c3ccc4c(n3)c(N3CCN(C)CC3)nn4C)sc2c(-c2ccc(Cl)cc2)c1[C@H](OC(C)(C)C)C(=O)O. The number of carbonyl (C=O) groups excluding carboxylic acids is 1. The lowest BCUT2D eigenvalue weighted by molar-refractivity contribution is -0.164. The van der Waals surface area contributed by atoms with Crippen molar-refractivity contribution < 1.29 is 28.9 Å². The van der Waals surface area contributed by atoms with Crippen molar-refractivity contribution in [2.45, 2.75) is 78.8 Å². The Morgan fingerprint density at radius 3 is 1.30 bits per heavy atom. The number of aromatic nitrogens is 8. The van der Waals surface area contributed by atoms with Crippen LogP contribution in [0.15, 0.2) is 84.9 Å². The van der Waals surface area contributed by atoms with Crippen LogP contribution in [-0.2, 0) is 37.9 Å². The monoisotopic (exact) mass is 1250 g/mol. The number of aliphatic carboxylic acids is 1. The summed E-state index contributed by atoms with van der Waals surface area (Å²) in [4.78, 5) is 55.5. The summed E-state index contributed by atoms with van der Waals surface area (Å²) in [6.07, 6.45) is -2.10. The quantitative estimate of drug-likeness (QED) is 0.114. The van der Waals surface area contributed by atoms with Crippen LogP contribution in [0, 0.1) is 13.8 Å². The maximum atomic E-state index is 13.2. The molecule has 18 nitrogen and oxygen atoms in total. The fourth-order valence-corrected chi connectivity index (χ4v) is 13.8. The smallest absolute Gasteiger partial charge is 0.339 e. The molecular weight excluding hydrogens is 1180 g/mol. The van der Waals surface area contributed by atoms with Gasteiger partial charge in [-0.15, -0.1) is 22.7 Å². The van der Waals surface area contributed by atoms with Crippen LogP contribution in [0.3, 0.4) is 0 Å². The van der Waals surface area contributed by atoms with Crippen molar-refractivity contribution in [3.8, 4) is 43.7 Å². The van der Waals surface area contributed by atoms with E-state index < -0.39 is 35.3 Å². The molecule has 0 spiro atoms. The number of anilines is 2. The number of hydrogen-bond donors (Lipinski definition) is 1. The van der Waals surface area contributed by atoms with Crippen LogP contribution in [0.25, 0.3) is 86.2 Å². The van der Waals surface area contributed by atoms with Gasteiger partial charge in [-0.05, 0) is 152 Å². The van der Waals surface area contributed by atoms with Crippen LogP contribution in [0.4, 0.5) is 11.6 Å². The first-order valence-electron chi connectivity index (χ1n) is 28.9. The molecule has 2 aliphatic rings. The summed E-state index contributed by atoms with van der Waals surface area (Å²) in [5.41, 5.74) is 12.0. The lowest BCUT2D eigenvalue weighted by Gasteiger charge is -2.32. The van der Waals surface area contributed by atoms with E-state index in [1.54, 1.807) is 11.3 Å². The second-order valence-corrected chi connectivity index (χ2v) is 27.3. The third-order valence-corrected chi connectivity index (χ3v) is 18.4. The number of aryl methyl sites for hydroxylation is 4. The number of piperazine rings is 2. The third-order valence-electron chi connectivity index (χ3n) is 15.6. The molecule has 0 amide bonds. The molecule has 2 atom stereocenters. The first kappa shape index (κ1) is 61.5. The van der Waals surface area contributed by atoms with Gasteiger partial charge in [0.2, 0.25) is 0 Å². The molecule has 0 radical (unpaired) electrons. The second-order valence-electron chi connectivity index (χ2n) is 24.4. The van der Waals surface area contributed by atoms with Crippen molar-refractivity contribution in [2.75, 3.05) is 83.4 Å². The van der Waals surface area contributed by atoms with Gasteiger partial charge in [0.15, 0.2) is 23.8 Å². The standard InChI is InChI=1S/C33H37ClN6O3S.C32H35ClN6O3S/c1-19-18-23-29(26(20-8-10-21(34)11-9-20)25(19)28(32(41)42-7)43-33(2,3)4)44-31(36-23)22-12-13-24-27(35-22)30(37-39(24)6)40-16-14-38(5)15-17-40;1-18-17-22-28(25(19-7-9-20(33)10-8-19)24(18)27(31(40)41)42-32(2,3)4)43-30(35-22)21-11-12-23-26(34-21)29(36-38(23)6)39-15-13-37(5)14-16-39/h8-13,18,28H,14-17H2,1-7H3;7-12,17,27H,13-16H2,1-6H3,(H,40,41)/t28-;27-/m00/s1. The number of halogens is 2. The predicted molar refractivity (Wildman–Crippen MR) is 351 cm³/mol. The molecule has 0 saturated carbocycles. The van der Waals surface area contributed by atoms with E-state index in [9.17, 15) is 14.7 Å². The largest absolute Gasteiger partial charge is 0.479 e. The van der Waals surface area contributed by atoms with Gasteiger partial charge < -0.3 is 38.9 Å². The molecule has 22 heteroatoms. The number of hydrogen-bond acceptors (Lipinski definition) is 17. The normalized spacial score (nSPS) is 15.4. The van der Waals surface area contributed by atoms with Gasteiger partial charge in [0.25, 0.3) is 0 Å². The molecule has 2 aliphatic heterocycles. The van der Waals surface area contributed by atoms with Gasteiger partial charge >= 0.3 is 11.9 Å². The Kier molecular flexibility index (Phi) is 17.3. The number of thiazole rings is 2. The number of ether oxygens (including phenoxy) is 3. The zero-order valence-corrected chi connectivity index (χ0v) is 54.5. The molecule has 2 fully saturated rings. The van der Waals surface area contributed by atoms with Crippen LogP contribution in [0.2, 0.25) is 10.0 Å². The number of nitrogens with zero attached hydrogens (tertiary/aromatic N) is 12. The van der Waals surface area contributed by atoms with Gasteiger partial charge in [0.1, 0.15) is 21.0 Å². The number of esters is 1. The van der Waals surface area contributed by atoms with Crippen molar-refractivity contribution in [1.82, 2.24) is 49.3 Å². The molecule has 0 bridgehead atoms. The molecule has 87 heavy (non-hydrogen) atoms. The minimum absolute atomic E-state index is 0.456. The van der Waals surface area contributed by atoms with Crippen molar-refractivity contribution >= 4 is 112 Å². The molecule has 12 rings (SSSR count). The van der Waals surface area contributed by atoms with Gasteiger partial charge in [-0.3, -0.25) is 9.36 Å². The van der Waals surface area contributed by atoms with E-state index >= 15 is 0 Å². The van der Waals surface area contributed by atoms with E-state index in [1.807, 2.05) is 158 Å². The minimum atomic E-state index is -1.17. The Labute approximate surface area is 524 Å². The Bertz CT molecular complexity index is 4230. The van der Waals surface area contributed by atoms with E-state index in [0.717, 1.165) is 167 Å². The summed E-state index contributed by atoms with van der Waals surface area (Å²) in [5, 5.41) is 22.8. The molecule has 6 aromatic heterocycles. The lowest BCUT2D eigenvalue weighted by atomic mass is 9.91. The number of carbonyl (C=O) groups is 2. The van der Waals surface area contributed by atoms with E-state index in [1.165, 1.54) is 18.4 Å². The van der Waals surface area contributed by atoms with Crippen molar-refractivity contribution in [2.24, 2.45) is 14.1 Å². The molecule has 454 valence electrons. The topological polar surface area (TPSA) is 182 Å². The lowest BCUT2D eigenvalue weighted by Crippen LogP contribution is -2.44. The summed E-state index contributed by atoms with van der Waals surface area (Å²) in [6, 6.07) is 27.2. The zero-order chi connectivity index (χ0) is 62.0. The van der Waals surface area contributed by atoms with E-state index in [-0.39, 0.29) is 0 Å². The Hall–Kier alpha value is -7.14. The highest BCUT2D eigenvalue weighted by molar-refractivity contribution is 7.22. The highest BCUT2D eigenvalue weighted by atomic mass is 35.5. The summed E-state index contributed by atoms with van der Waals surface area (Å²) in [5.74, 6) is 0.288. The Morgan fingerprint density at radius 1 is 0.552 bits per heavy atom. The number of carboxylic acids is 1. The van der Waals surface area contributed by atoms with Gasteiger partial charge in [-0.1, -0.05) is 47.5 Å². The number of pyridine rings is 2. The van der Waals surface area contributed by atoms with Crippen LogP contribution in [0.5, 0.6) is 0 Å². The van der Waals surface area contributed by atoms with Gasteiger partial charge in [-0.25, -0.2) is 29.5 Å². The van der Waals surface area contributed by atoms with Crippen LogP contribution >= 0.6 is 45.9 Å². The fraction of sp³-hybridized carbons (Fsp3) is 0.385. The Morgan fingerprint density at radius 2 is 0.931 bits per heavy atom. The molecule has 0 unspecified atom stereocenters. The number of likely N-dealkylation sites (N-methyl/N-ethyl adjacent to an activating group) is 2. The van der Waals surface area contributed by atoms with Crippen molar-refractivity contribution in [3.63, 3.8) is 0 Å². The first-order chi connectivity index (χ1) is 41.3. The van der Waals surface area contributed by atoms with Gasteiger partial charge in [-0.2, -0.15) is 10.2 Å². The van der Waals surface area contributed by atoms with E-state index in [4.69, 9.17) is 67.5 Å². The molecule has 8 heterocycles. The molecular formula is C65H72Cl2N12O6S2.